The van der Waals surface area contributed by atoms with E-state index in [2.05, 4.69) is 65.5 Å². The standard InChI is InChI=1S/C23H24N2.ClH/c1-19(8-4-2-5-9-20-10-6-3-7-11-20)25-17-21-12-13-23-18-24-15-14-22(23)16-21;/h3,6-7,10-16,18-19,25H,2,4,8,17H2,1H3;1H/t19-;/m1./s1. The molecule has 2 aromatic carbocycles. The summed E-state index contributed by atoms with van der Waals surface area (Å²) in [6.45, 7) is 3.14. The lowest BCUT2D eigenvalue weighted by Crippen LogP contribution is -2.25. The lowest BCUT2D eigenvalue weighted by Gasteiger charge is -2.13. The number of benzene rings is 2. The Bertz CT molecular complexity index is 865. The Balaban J connectivity index is 0.00000243. The minimum atomic E-state index is 0. The van der Waals surface area contributed by atoms with Crippen LogP contribution in [-0.2, 0) is 6.54 Å². The average molecular weight is 365 g/mol. The molecule has 0 radical (unpaired) electrons. The maximum absolute atomic E-state index is 4.16. The molecule has 3 aromatic rings. The van der Waals surface area contributed by atoms with Crippen molar-refractivity contribution in [2.75, 3.05) is 0 Å². The Morgan fingerprint density at radius 3 is 2.73 bits per heavy atom. The molecule has 134 valence electrons. The molecule has 0 bridgehead atoms. The van der Waals surface area contributed by atoms with Crippen molar-refractivity contribution < 1.29 is 0 Å². The lowest BCUT2D eigenvalue weighted by atomic mass is 10.1. The van der Waals surface area contributed by atoms with Gasteiger partial charge in [0.25, 0.3) is 0 Å². The van der Waals surface area contributed by atoms with Crippen molar-refractivity contribution in [3.8, 4) is 11.8 Å². The fourth-order valence-corrected chi connectivity index (χ4v) is 2.82. The first-order valence-electron chi connectivity index (χ1n) is 8.91. The molecule has 1 aromatic heterocycles. The van der Waals surface area contributed by atoms with Crippen molar-refractivity contribution in [1.29, 1.82) is 0 Å². The molecule has 0 saturated carbocycles. The molecule has 0 aliphatic heterocycles. The van der Waals surface area contributed by atoms with Crippen LogP contribution < -0.4 is 5.32 Å². The maximum Gasteiger partial charge on any atom is 0.0346 e. The number of pyridine rings is 1. The number of unbranched alkanes of at least 4 members (excludes halogenated alkanes) is 1. The fraction of sp³-hybridized carbons (Fsp3) is 0.261. The van der Waals surface area contributed by atoms with Crippen molar-refractivity contribution in [2.45, 2.75) is 38.8 Å². The van der Waals surface area contributed by atoms with E-state index in [1.165, 1.54) is 16.3 Å². The molecule has 0 aliphatic rings. The summed E-state index contributed by atoms with van der Waals surface area (Å²) in [5.41, 5.74) is 2.41. The number of hydrogen-bond acceptors (Lipinski definition) is 2. The van der Waals surface area contributed by atoms with Crippen LogP contribution in [0.15, 0.2) is 67.0 Å². The molecule has 3 heteroatoms. The number of rotatable bonds is 6. The van der Waals surface area contributed by atoms with E-state index in [0.717, 1.165) is 31.4 Å². The molecule has 1 atom stereocenters. The van der Waals surface area contributed by atoms with Crippen LogP contribution >= 0.6 is 12.4 Å². The molecule has 0 aliphatic carbocycles. The summed E-state index contributed by atoms with van der Waals surface area (Å²) < 4.78 is 0. The van der Waals surface area contributed by atoms with Crippen molar-refractivity contribution >= 4 is 23.2 Å². The zero-order valence-corrected chi connectivity index (χ0v) is 15.9. The highest BCUT2D eigenvalue weighted by molar-refractivity contribution is 5.85. The molecule has 26 heavy (non-hydrogen) atoms. The largest absolute Gasteiger partial charge is 0.310 e. The van der Waals surface area contributed by atoms with E-state index < -0.39 is 0 Å². The van der Waals surface area contributed by atoms with Gasteiger partial charge in [-0.15, -0.1) is 12.4 Å². The van der Waals surface area contributed by atoms with Crippen molar-refractivity contribution in [3.05, 3.63) is 78.1 Å². The lowest BCUT2D eigenvalue weighted by molar-refractivity contribution is 0.501. The predicted octanol–water partition coefficient (Wildman–Crippen LogP) is 5.36. The predicted molar refractivity (Wildman–Crippen MR) is 112 cm³/mol. The monoisotopic (exact) mass is 364 g/mol. The summed E-state index contributed by atoms with van der Waals surface area (Å²) in [6, 6.07) is 19.3. The fourth-order valence-electron chi connectivity index (χ4n) is 2.82. The zero-order valence-electron chi connectivity index (χ0n) is 15.1. The van der Waals surface area contributed by atoms with Gasteiger partial charge in [-0.2, -0.15) is 0 Å². The number of halogens is 1. The van der Waals surface area contributed by atoms with Gasteiger partial charge < -0.3 is 5.32 Å². The first-order chi connectivity index (χ1) is 12.3. The van der Waals surface area contributed by atoms with Gasteiger partial charge in [-0.05, 0) is 55.0 Å². The van der Waals surface area contributed by atoms with E-state index in [9.17, 15) is 0 Å². The molecule has 0 saturated heterocycles. The van der Waals surface area contributed by atoms with Gasteiger partial charge in [-0.1, -0.05) is 42.2 Å². The van der Waals surface area contributed by atoms with Crippen LogP contribution in [0.25, 0.3) is 10.8 Å². The third kappa shape index (κ3) is 6.19. The van der Waals surface area contributed by atoms with Crippen molar-refractivity contribution in [2.24, 2.45) is 0 Å². The van der Waals surface area contributed by atoms with Gasteiger partial charge in [0.05, 0.1) is 0 Å². The minimum Gasteiger partial charge on any atom is -0.310 e. The topological polar surface area (TPSA) is 24.9 Å². The molecule has 3 rings (SSSR count). The van der Waals surface area contributed by atoms with E-state index in [1.54, 1.807) is 0 Å². The number of nitrogens with one attached hydrogen (secondary N) is 1. The van der Waals surface area contributed by atoms with Crippen LogP contribution in [0.5, 0.6) is 0 Å². The molecule has 0 fully saturated rings. The quantitative estimate of drug-likeness (QED) is 0.470. The molecule has 0 unspecified atom stereocenters. The second-order valence-electron chi connectivity index (χ2n) is 6.40. The van der Waals surface area contributed by atoms with E-state index in [4.69, 9.17) is 0 Å². The van der Waals surface area contributed by atoms with Crippen molar-refractivity contribution in [3.63, 3.8) is 0 Å². The Kier molecular flexibility index (Phi) is 8.15. The van der Waals surface area contributed by atoms with E-state index >= 15 is 0 Å². The molecular weight excluding hydrogens is 340 g/mol. The Morgan fingerprint density at radius 2 is 1.88 bits per heavy atom. The average Bonchev–Trinajstić information content (AvgIpc) is 2.67. The Morgan fingerprint density at radius 1 is 1.04 bits per heavy atom. The third-order valence-corrected chi connectivity index (χ3v) is 4.31. The smallest absolute Gasteiger partial charge is 0.0346 e. The molecule has 0 spiro atoms. The first kappa shape index (κ1) is 20.0. The van der Waals surface area contributed by atoms with Gasteiger partial charge in [0, 0.05) is 42.4 Å². The number of hydrogen-bond donors (Lipinski definition) is 1. The van der Waals surface area contributed by atoms with Gasteiger partial charge in [0.15, 0.2) is 0 Å². The molecule has 1 N–H and O–H groups in total. The van der Waals surface area contributed by atoms with Gasteiger partial charge >= 0.3 is 0 Å². The number of aromatic nitrogens is 1. The highest BCUT2D eigenvalue weighted by Crippen LogP contribution is 2.14. The van der Waals surface area contributed by atoms with Gasteiger partial charge in [-0.3, -0.25) is 4.98 Å². The van der Waals surface area contributed by atoms with Crippen LogP contribution in [0.1, 0.15) is 37.3 Å². The van der Waals surface area contributed by atoms with Crippen molar-refractivity contribution in [1.82, 2.24) is 10.3 Å². The van der Waals surface area contributed by atoms with Crippen LogP contribution in [0.2, 0.25) is 0 Å². The van der Waals surface area contributed by atoms with Crippen LogP contribution in [0, 0.1) is 11.8 Å². The number of nitrogens with zero attached hydrogens (tertiary/aromatic N) is 1. The Labute approximate surface area is 162 Å². The highest BCUT2D eigenvalue weighted by atomic mass is 35.5. The van der Waals surface area contributed by atoms with Crippen LogP contribution in [0.3, 0.4) is 0 Å². The molecular formula is C23H25ClN2. The first-order valence-corrected chi connectivity index (χ1v) is 8.91. The summed E-state index contributed by atoms with van der Waals surface area (Å²) in [5, 5.41) is 6.05. The summed E-state index contributed by atoms with van der Waals surface area (Å²) in [5.74, 6) is 6.48. The van der Waals surface area contributed by atoms with Gasteiger partial charge in [-0.25, -0.2) is 0 Å². The van der Waals surface area contributed by atoms with E-state index in [-0.39, 0.29) is 12.4 Å². The summed E-state index contributed by atoms with van der Waals surface area (Å²) in [6.07, 6.45) is 6.96. The summed E-state index contributed by atoms with van der Waals surface area (Å²) in [4.78, 5) is 4.16. The molecule has 2 nitrogen and oxygen atoms in total. The van der Waals surface area contributed by atoms with Gasteiger partial charge in [0.2, 0.25) is 0 Å². The van der Waals surface area contributed by atoms with E-state index in [0.29, 0.717) is 6.04 Å². The third-order valence-electron chi connectivity index (χ3n) is 4.31. The van der Waals surface area contributed by atoms with Crippen LogP contribution in [-0.4, -0.2) is 11.0 Å². The zero-order chi connectivity index (χ0) is 17.3. The molecule has 0 amide bonds. The van der Waals surface area contributed by atoms with Gasteiger partial charge in [0.1, 0.15) is 0 Å². The second kappa shape index (κ2) is 10.6. The summed E-state index contributed by atoms with van der Waals surface area (Å²) in [7, 11) is 0. The maximum atomic E-state index is 4.16. The minimum absolute atomic E-state index is 0. The molecule has 1 heterocycles. The summed E-state index contributed by atoms with van der Waals surface area (Å²) >= 11 is 0. The number of fused-ring (bicyclic) bond motifs is 1. The highest BCUT2D eigenvalue weighted by Gasteiger charge is 2.02. The Hall–Kier alpha value is -2.34. The van der Waals surface area contributed by atoms with E-state index in [1.807, 2.05) is 30.6 Å². The second-order valence-corrected chi connectivity index (χ2v) is 6.40. The normalized spacial score (nSPS) is 11.3. The van der Waals surface area contributed by atoms with Crippen LogP contribution in [0.4, 0.5) is 0 Å². The SMILES string of the molecule is C[C@H](CCCC#Cc1ccccc1)NCc1ccc2cnccc2c1.Cl.